The van der Waals surface area contributed by atoms with E-state index in [1.807, 2.05) is 0 Å². The van der Waals surface area contributed by atoms with Gasteiger partial charge in [0, 0.05) is 6.42 Å². The first-order chi connectivity index (χ1) is 3.61. The van der Waals surface area contributed by atoms with Crippen LogP contribution >= 0.6 is 0 Å². The molecular formula is C7H14ClN. The summed E-state index contributed by atoms with van der Waals surface area (Å²) in [6.45, 7) is 0. The number of nitrogens with zero attached hydrogens (tertiary/aromatic N) is 1. The lowest BCUT2D eigenvalue weighted by Crippen LogP contribution is -3.00. The lowest BCUT2D eigenvalue weighted by molar-refractivity contribution is -0.834. The molecule has 0 aromatic rings. The van der Waals surface area contributed by atoms with Gasteiger partial charge in [0.25, 0.3) is 0 Å². The van der Waals surface area contributed by atoms with Gasteiger partial charge in [-0.2, -0.15) is 0 Å². The van der Waals surface area contributed by atoms with E-state index >= 15 is 0 Å². The molecule has 0 saturated heterocycles. The van der Waals surface area contributed by atoms with E-state index in [0.717, 1.165) is 4.48 Å². The van der Waals surface area contributed by atoms with Crippen molar-refractivity contribution in [2.45, 2.75) is 12.8 Å². The molecule has 0 aromatic heterocycles. The zero-order valence-corrected chi connectivity index (χ0v) is 7.07. The molecule has 9 heavy (non-hydrogen) atoms. The molecule has 1 aliphatic rings. The van der Waals surface area contributed by atoms with Gasteiger partial charge in [-0.1, -0.05) is 0 Å². The van der Waals surface area contributed by atoms with Crippen molar-refractivity contribution in [3.63, 3.8) is 0 Å². The Bertz CT molecular complexity index is 121. The molecule has 0 saturated carbocycles. The van der Waals surface area contributed by atoms with Gasteiger partial charge < -0.3 is 16.9 Å². The van der Waals surface area contributed by atoms with E-state index in [1.165, 1.54) is 12.8 Å². The van der Waals surface area contributed by atoms with Crippen LogP contribution in [-0.2, 0) is 0 Å². The Morgan fingerprint density at radius 2 is 1.78 bits per heavy atom. The Labute approximate surface area is 63.4 Å². The number of hydrogen-bond donors (Lipinski definition) is 0. The summed E-state index contributed by atoms with van der Waals surface area (Å²) in [4.78, 5) is 0. The highest BCUT2D eigenvalue weighted by atomic mass is 35.5. The molecule has 0 spiro atoms. The van der Waals surface area contributed by atoms with Gasteiger partial charge >= 0.3 is 0 Å². The van der Waals surface area contributed by atoms with Crippen LogP contribution in [0.15, 0.2) is 11.8 Å². The average molecular weight is 148 g/mol. The lowest BCUT2D eigenvalue weighted by atomic mass is 10.0. The fourth-order valence-corrected chi connectivity index (χ4v) is 0.883. The van der Waals surface area contributed by atoms with Crippen molar-refractivity contribution in [2.24, 2.45) is 0 Å². The normalized spacial score (nSPS) is 17.4. The maximum Gasteiger partial charge on any atom is 0.104 e. The average Bonchev–Trinajstić information content (AvgIpc) is 1.16. The second-order valence-corrected chi connectivity index (χ2v) is 3.25. The lowest BCUT2D eigenvalue weighted by Gasteiger charge is -2.30. The van der Waals surface area contributed by atoms with E-state index < -0.39 is 0 Å². The van der Waals surface area contributed by atoms with Gasteiger partial charge in [-0.25, -0.2) is 0 Å². The first-order valence-electron chi connectivity index (χ1n) is 3.12. The van der Waals surface area contributed by atoms with Crippen molar-refractivity contribution in [3.05, 3.63) is 11.8 Å². The quantitative estimate of drug-likeness (QED) is 0.391. The zero-order valence-electron chi connectivity index (χ0n) is 6.32. The molecule has 1 nitrogen and oxygen atoms in total. The van der Waals surface area contributed by atoms with Crippen LogP contribution in [0.1, 0.15) is 12.8 Å². The van der Waals surface area contributed by atoms with E-state index in [9.17, 15) is 0 Å². The predicted molar refractivity (Wildman–Crippen MR) is 35.3 cm³/mol. The Morgan fingerprint density at radius 3 is 1.78 bits per heavy atom. The van der Waals surface area contributed by atoms with Gasteiger partial charge in [0.2, 0.25) is 0 Å². The first kappa shape index (κ1) is 8.99. The SMILES string of the molecule is C[N+](C)(C)C1=CCC1.[Cl-]. The van der Waals surface area contributed by atoms with Gasteiger partial charge in [-0.3, -0.25) is 0 Å². The van der Waals surface area contributed by atoms with Gasteiger partial charge in [-0.15, -0.1) is 0 Å². The summed E-state index contributed by atoms with van der Waals surface area (Å²) in [5, 5.41) is 0. The number of allylic oxidation sites excluding steroid dienone is 2. The van der Waals surface area contributed by atoms with Crippen molar-refractivity contribution in [1.82, 2.24) is 0 Å². The predicted octanol–water partition coefficient (Wildman–Crippen LogP) is -1.63. The Balaban J connectivity index is 0.000000640. The molecule has 1 rings (SSSR count). The number of hydrogen-bond acceptors (Lipinski definition) is 0. The van der Waals surface area contributed by atoms with Crippen molar-refractivity contribution in [3.8, 4) is 0 Å². The number of rotatable bonds is 1. The van der Waals surface area contributed by atoms with Crippen molar-refractivity contribution in [2.75, 3.05) is 21.1 Å². The second kappa shape index (κ2) is 2.72. The highest BCUT2D eigenvalue weighted by Gasteiger charge is 2.19. The first-order valence-corrected chi connectivity index (χ1v) is 3.12. The summed E-state index contributed by atoms with van der Waals surface area (Å²) in [7, 11) is 6.64. The van der Waals surface area contributed by atoms with Gasteiger partial charge in [0.15, 0.2) is 0 Å². The van der Waals surface area contributed by atoms with Crippen LogP contribution in [0.4, 0.5) is 0 Å². The summed E-state index contributed by atoms with van der Waals surface area (Å²) < 4.78 is 1.03. The third-order valence-corrected chi connectivity index (χ3v) is 1.64. The third kappa shape index (κ3) is 1.99. The fourth-order valence-electron chi connectivity index (χ4n) is 0.883. The van der Waals surface area contributed by atoms with Crippen LogP contribution in [0.25, 0.3) is 0 Å². The molecule has 0 aliphatic heterocycles. The van der Waals surface area contributed by atoms with E-state index in [1.54, 1.807) is 5.70 Å². The maximum atomic E-state index is 2.32. The molecule has 0 N–H and O–H groups in total. The second-order valence-electron chi connectivity index (χ2n) is 3.25. The number of halogens is 1. The fraction of sp³-hybridized carbons (Fsp3) is 0.714. The van der Waals surface area contributed by atoms with Crippen molar-refractivity contribution in [1.29, 1.82) is 0 Å². The topological polar surface area (TPSA) is 0 Å². The molecule has 0 radical (unpaired) electrons. The summed E-state index contributed by atoms with van der Waals surface area (Å²) in [6.07, 6.45) is 4.92. The molecule has 0 aromatic carbocycles. The molecule has 54 valence electrons. The Kier molecular flexibility index (Phi) is 2.71. The summed E-state index contributed by atoms with van der Waals surface area (Å²) in [5.74, 6) is 0. The van der Waals surface area contributed by atoms with Crippen LogP contribution in [0.2, 0.25) is 0 Å². The zero-order chi connectivity index (χ0) is 6.20. The van der Waals surface area contributed by atoms with Gasteiger partial charge in [0.1, 0.15) is 5.70 Å². The van der Waals surface area contributed by atoms with Crippen LogP contribution < -0.4 is 12.4 Å². The van der Waals surface area contributed by atoms with Gasteiger partial charge in [0.05, 0.1) is 21.1 Å². The highest BCUT2D eigenvalue weighted by molar-refractivity contribution is 5.03. The summed E-state index contributed by atoms with van der Waals surface area (Å²) in [6, 6.07) is 0. The molecule has 0 fully saturated rings. The summed E-state index contributed by atoms with van der Waals surface area (Å²) >= 11 is 0. The van der Waals surface area contributed by atoms with Crippen LogP contribution in [0, 0.1) is 0 Å². The maximum absolute atomic E-state index is 2.32. The molecule has 1 aliphatic carbocycles. The molecule has 0 amide bonds. The monoisotopic (exact) mass is 147 g/mol. The Morgan fingerprint density at radius 1 is 1.33 bits per heavy atom. The Hall–Kier alpha value is -0.0100. The van der Waals surface area contributed by atoms with E-state index in [4.69, 9.17) is 0 Å². The standard InChI is InChI=1S/C7H14N.ClH/c1-8(2,3)7-5-4-6-7;/h5H,4,6H2,1-3H3;1H/q+1;/p-1. The molecule has 0 heterocycles. The molecular weight excluding hydrogens is 134 g/mol. The third-order valence-electron chi connectivity index (χ3n) is 1.64. The minimum Gasteiger partial charge on any atom is -1.00 e. The van der Waals surface area contributed by atoms with Crippen molar-refractivity contribution < 1.29 is 16.9 Å². The van der Waals surface area contributed by atoms with Crippen molar-refractivity contribution >= 4 is 0 Å². The van der Waals surface area contributed by atoms with Crippen LogP contribution in [0.3, 0.4) is 0 Å². The van der Waals surface area contributed by atoms with Crippen LogP contribution in [-0.4, -0.2) is 25.6 Å². The van der Waals surface area contributed by atoms with E-state index in [-0.39, 0.29) is 12.4 Å². The molecule has 0 atom stereocenters. The molecule has 0 bridgehead atoms. The number of quaternary nitrogens is 1. The largest absolute Gasteiger partial charge is 1.00 e. The van der Waals surface area contributed by atoms with E-state index in [0.29, 0.717) is 0 Å². The minimum atomic E-state index is 0. The van der Waals surface area contributed by atoms with Gasteiger partial charge in [-0.05, 0) is 12.5 Å². The highest BCUT2D eigenvalue weighted by Crippen LogP contribution is 2.23. The smallest absolute Gasteiger partial charge is 0.104 e. The summed E-state index contributed by atoms with van der Waals surface area (Å²) in [5.41, 5.74) is 1.57. The molecule has 0 unspecified atom stereocenters. The van der Waals surface area contributed by atoms with E-state index in [2.05, 4.69) is 27.2 Å². The minimum absolute atomic E-state index is 0. The molecule has 2 heteroatoms. The van der Waals surface area contributed by atoms with Crippen LogP contribution in [0.5, 0.6) is 0 Å².